The van der Waals surface area contributed by atoms with Crippen LogP contribution in [-0.2, 0) is 0 Å². The maximum Gasteiger partial charge on any atom is 0.0148 e. The summed E-state index contributed by atoms with van der Waals surface area (Å²) in [5, 5.41) is 2.03. The average Bonchev–Trinajstić information content (AvgIpc) is 2.38. The van der Waals surface area contributed by atoms with Crippen LogP contribution in [0.5, 0.6) is 0 Å². The summed E-state index contributed by atoms with van der Waals surface area (Å²) in [6.45, 7) is 2.26. The van der Waals surface area contributed by atoms with Crippen molar-refractivity contribution in [2.24, 2.45) is 0 Å². The molecule has 0 N–H and O–H groups in total. The third-order valence-corrected chi connectivity index (χ3v) is 7.25. The molecule has 0 saturated carbocycles. The minimum absolute atomic E-state index is 0.585. The maximum absolute atomic E-state index is 4.77. The molecule has 0 radical (unpaired) electrons. The Morgan fingerprint density at radius 2 is 1.83 bits per heavy atom. The summed E-state index contributed by atoms with van der Waals surface area (Å²) in [6, 6.07) is 0. The van der Waals surface area contributed by atoms with E-state index in [-0.39, 0.29) is 0 Å². The smallest absolute Gasteiger partial charge is 0.0148 e. The predicted octanol–water partition coefficient (Wildman–Crippen LogP) is 5.18. The molecule has 0 amide bonds. The van der Waals surface area contributed by atoms with Crippen LogP contribution in [0.2, 0.25) is 0 Å². The second-order valence-electron chi connectivity index (χ2n) is 5.18. The van der Waals surface area contributed by atoms with Gasteiger partial charge in [-0.05, 0) is 25.7 Å². The second kappa shape index (κ2) is 11.1. The van der Waals surface area contributed by atoms with Gasteiger partial charge in [0.25, 0.3) is 0 Å². The number of rotatable bonds is 9. The average molecular weight is 325 g/mol. The van der Waals surface area contributed by atoms with Gasteiger partial charge in [0, 0.05) is 33.0 Å². The largest absolute Gasteiger partial charge is 0.176 e. The molecule has 3 atom stereocenters. The number of unbranched alkanes of at least 4 members (excludes halogenated alkanes) is 2. The van der Waals surface area contributed by atoms with E-state index in [9.17, 15) is 0 Å². The molecule has 1 aliphatic heterocycles. The van der Waals surface area contributed by atoms with Gasteiger partial charge in [-0.2, -0.15) is 48.8 Å². The first-order valence-corrected chi connectivity index (χ1v) is 10.5. The van der Waals surface area contributed by atoms with E-state index in [1.54, 1.807) is 0 Å². The first-order valence-electron chi connectivity index (χ1n) is 7.27. The molecule has 1 fully saturated rings. The van der Waals surface area contributed by atoms with Gasteiger partial charge in [0.05, 0.1) is 0 Å². The van der Waals surface area contributed by atoms with Crippen molar-refractivity contribution in [1.82, 2.24) is 0 Å². The lowest BCUT2D eigenvalue weighted by Crippen LogP contribution is -2.19. The number of thioether (sulfide) groups is 2. The van der Waals surface area contributed by atoms with E-state index in [0.29, 0.717) is 10.5 Å². The Hall–Kier alpha value is 1.40. The number of hydrogen-bond acceptors (Lipinski definition) is 4. The highest BCUT2D eigenvalue weighted by Crippen LogP contribution is 2.30. The molecular formula is C14H28S4. The Balaban J connectivity index is 2.02. The van der Waals surface area contributed by atoms with Crippen molar-refractivity contribution in [2.45, 2.75) is 67.6 Å². The molecule has 3 unspecified atom stereocenters. The topological polar surface area (TPSA) is 0 Å². The van der Waals surface area contributed by atoms with E-state index in [2.05, 4.69) is 30.4 Å². The molecule has 0 aromatic heterocycles. The van der Waals surface area contributed by atoms with E-state index >= 15 is 0 Å². The minimum Gasteiger partial charge on any atom is -0.176 e. The third kappa shape index (κ3) is 8.55. The summed E-state index contributed by atoms with van der Waals surface area (Å²) in [7, 11) is 0. The fourth-order valence-corrected chi connectivity index (χ4v) is 5.93. The van der Waals surface area contributed by atoms with Crippen molar-refractivity contribution in [2.75, 3.05) is 17.3 Å². The summed E-state index contributed by atoms with van der Waals surface area (Å²) in [5.41, 5.74) is 0. The maximum atomic E-state index is 4.77. The number of hydrogen-bond donors (Lipinski definition) is 2. The lowest BCUT2D eigenvalue weighted by Gasteiger charge is -2.24. The molecule has 4 heteroatoms. The Labute approximate surface area is 133 Å². The molecule has 0 aliphatic carbocycles. The van der Waals surface area contributed by atoms with Crippen molar-refractivity contribution < 1.29 is 0 Å². The summed E-state index contributed by atoms with van der Waals surface area (Å²) in [6.07, 6.45) is 9.07. The fourth-order valence-electron chi connectivity index (χ4n) is 2.25. The molecule has 0 aromatic rings. The van der Waals surface area contributed by atoms with Gasteiger partial charge in [-0.3, -0.25) is 0 Å². The van der Waals surface area contributed by atoms with Crippen LogP contribution in [0.1, 0.15) is 51.9 Å². The molecule has 1 rings (SSSR count). The number of thiol groups is 2. The zero-order chi connectivity index (χ0) is 13.2. The van der Waals surface area contributed by atoms with Gasteiger partial charge in [-0.25, -0.2) is 0 Å². The van der Waals surface area contributed by atoms with Crippen molar-refractivity contribution in [1.29, 1.82) is 0 Å². The summed E-state index contributed by atoms with van der Waals surface area (Å²) in [5.74, 6) is 4.01. The molecule has 18 heavy (non-hydrogen) atoms. The van der Waals surface area contributed by atoms with Crippen molar-refractivity contribution in [3.8, 4) is 0 Å². The Kier molecular flexibility index (Phi) is 10.8. The molecule has 0 nitrogen and oxygen atoms in total. The molecule has 0 spiro atoms. The monoisotopic (exact) mass is 324 g/mol. The van der Waals surface area contributed by atoms with Crippen LogP contribution in [0.15, 0.2) is 0 Å². The summed E-state index contributed by atoms with van der Waals surface area (Å²) < 4.78 is 0. The van der Waals surface area contributed by atoms with Crippen LogP contribution in [0.25, 0.3) is 0 Å². The van der Waals surface area contributed by atoms with Crippen LogP contribution in [0, 0.1) is 0 Å². The van der Waals surface area contributed by atoms with Crippen LogP contribution in [0.4, 0.5) is 0 Å². The Bertz CT molecular complexity index is 192. The Morgan fingerprint density at radius 1 is 1.06 bits per heavy atom. The SMILES string of the molecule is CCCCCC(S)CCC(S)CC1CSCCS1. The van der Waals surface area contributed by atoms with Gasteiger partial charge in [-0.1, -0.05) is 26.2 Å². The highest BCUT2D eigenvalue weighted by Gasteiger charge is 2.18. The van der Waals surface area contributed by atoms with Gasteiger partial charge in [0.1, 0.15) is 0 Å². The van der Waals surface area contributed by atoms with Crippen molar-refractivity contribution in [3.63, 3.8) is 0 Å². The molecule has 108 valence electrons. The van der Waals surface area contributed by atoms with Gasteiger partial charge in [0.15, 0.2) is 0 Å². The standard InChI is InChI=1S/C14H28S4/c1-2-3-4-5-12(15)6-7-13(16)10-14-11-17-8-9-18-14/h12-16H,2-11H2,1H3. The lowest BCUT2D eigenvalue weighted by molar-refractivity contribution is 0.586. The van der Waals surface area contributed by atoms with Crippen molar-refractivity contribution >= 4 is 48.8 Å². The molecule has 1 heterocycles. The molecule has 1 saturated heterocycles. The minimum atomic E-state index is 0.585. The normalized spacial score (nSPS) is 23.8. The van der Waals surface area contributed by atoms with Gasteiger partial charge < -0.3 is 0 Å². The van der Waals surface area contributed by atoms with E-state index in [0.717, 1.165) is 5.25 Å². The van der Waals surface area contributed by atoms with E-state index in [1.807, 2.05) is 0 Å². The fraction of sp³-hybridized carbons (Fsp3) is 1.00. The summed E-state index contributed by atoms with van der Waals surface area (Å²) >= 11 is 13.7. The lowest BCUT2D eigenvalue weighted by atomic mass is 10.1. The third-order valence-electron chi connectivity index (χ3n) is 3.39. The van der Waals surface area contributed by atoms with Crippen molar-refractivity contribution in [3.05, 3.63) is 0 Å². The van der Waals surface area contributed by atoms with Crippen LogP contribution >= 0.6 is 48.8 Å². The first kappa shape index (κ1) is 17.5. The van der Waals surface area contributed by atoms with Gasteiger partial charge in [-0.15, -0.1) is 0 Å². The van der Waals surface area contributed by atoms with E-state index < -0.39 is 0 Å². The quantitative estimate of drug-likeness (QED) is 0.443. The van der Waals surface area contributed by atoms with Crippen LogP contribution in [0.3, 0.4) is 0 Å². The zero-order valence-corrected chi connectivity index (χ0v) is 14.9. The predicted molar refractivity (Wildman–Crippen MR) is 97.1 cm³/mol. The molecule has 1 aliphatic rings. The Morgan fingerprint density at radius 3 is 2.50 bits per heavy atom. The van der Waals surface area contributed by atoms with E-state index in [1.165, 1.54) is 62.2 Å². The van der Waals surface area contributed by atoms with Crippen LogP contribution in [-0.4, -0.2) is 33.0 Å². The second-order valence-corrected chi connectivity index (χ2v) is 9.20. The molecule has 0 aromatic carbocycles. The van der Waals surface area contributed by atoms with Gasteiger partial charge >= 0.3 is 0 Å². The van der Waals surface area contributed by atoms with Gasteiger partial charge in [0.2, 0.25) is 0 Å². The van der Waals surface area contributed by atoms with Crippen LogP contribution < -0.4 is 0 Å². The summed E-state index contributed by atoms with van der Waals surface area (Å²) in [4.78, 5) is 0. The molecule has 0 bridgehead atoms. The molecular weight excluding hydrogens is 296 g/mol. The first-order chi connectivity index (χ1) is 8.72. The zero-order valence-electron chi connectivity index (χ0n) is 11.5. The van der Waals surface area contributed by atoms with E-state index in [4.69, 9.17) is 25.3 Å². The highest BCUT2D eigenvalue weighted by molar-refractivity contribution is 8.06. The highest BCUT2D eigenvalue weighted by atomic mass is 32.2.